The third kappa shape index (κ3) is 3.93. The van der Waals surface area contributed by atoms with E-state index in [1.54, 1.807) is 19.1 Å². The molecular weight excluding hydrogens is 509 g/mol. The molecule has 0 aliphatic carbocycles. The van der Waals surface area contributed by atoms with Crippen molar-refractivity contribution in [3.63, 3.8) is 0 Å². The van der Waals surface area contributed by atoms with E-state index in [9.17, 15) is 32.0 Å². The summed E-state index contributed by atoms with van der Waals surface area (Å²) < 4.78 is 66.7. The van der Waals surface area contributed by atoms with Crippen LogP contribution >= 0.6 is 0 Å². The second-order valence-electron chi connectivity index (χ2n) is 9.11. The minimum absolute atomic E-state index is 0.00156. The van der Waals surface area contributed by atoms with Crippen LogP contribution in [0.4, 0.5) is 27.8 Å². The maximum Gasteiger partial charge on any atom is 0.453 e. The van der Waals surface area contributed by atoms with Crippen LogP contribution in [0.5, 0.6) is 0 Å². The fraction of sp³-hybridized carbons (Fsp3) is 0.280. The number of benzene rings is 1. The van der Waals surface area contributed by atoms with Gasteiger partial charge in [0.25, 0.3) is 0 Å². The van der Waals surface area contributed by atoms with Crippen LogP contribution in [0.15, 0.2) is 42.9 Å². The van der Waals surface area contributed by atoms with E-state index in [4.69, 9.17) is 0 Å². The number of carbonyl (C=O) groups is 1. The number of nitrogens with one attached hydrogen (secondary N) is 1. The molecule has 1 amide bonds. The molecule has 1 aliphatic rings. The number of nitriles is 1. The van der Waals surface area contributed by atoms with Crippen molar-refractivity contribution in [2.75, 3.05) is 5.32 Å². The molecule has 1 aromatic carbocycles. The van der Waals surface area contributed by atoms with Gasteiger partial charge in [0.1, 0.15) is 23.0 Å². The number of carbonyl (C=O) groups excluding carboxylic acids is 1. The van der Waals surface area contributed by atoms with E-state index < -0.39 is 36.3 Å². The van der Waals surface area contributed by atoms with Crippen molar-refractivity contribution in [1.82, 2.24) is 24.3 Å². The van der Waals surface area contributed by atoms with Crippen LogP contribution < -0.4 is 5.32 Å². The average Bonchev–Trinajstić information content (AvgIpc) is 3.44. The molecule has 0 radical (unpaired) electrons. The second kappa shape index (κ2) is 8.54. The summed E-state index contributed by atoms with van der Waals surface area (Å²) in [6, 6.07) is 9.21. The van der Waals surface area contributed by atoms with Gasteiger partial charge in [0.2, 0.25) is 5.91 Å². The van der Waals surface area contributed by atoms with Crippen LogP contribution in [0.2, 0.25) is 0 Å². The van der Waals surface area contributed by atoms with Gasteiger partial charge in [0.15, 0.2) is 17.2 Å². The lowest BCUT2D eigenvalue weighted by Crippen LogP contribution is -2.36. The number of rotatable bonds is 5. The third-order valence-electron chi connectivity index (χ3n) is 6.59. The zero-order valence-corrected chi connectivity index (χ0v) is 19.9. The van der Waals surface area contributed by atoms with Crippen molar-refractivity contribution >= 4 is 17.4 Å². The molecule has 4 heterocycles. The van der Waals surface area contributed by atoms with E-state index in [1.807, 2.05) is 25.1 Å². The van der Waals surface area contributed by atoms with E-state index in [0.29, 0.717) is 5.56 Å². The van der Waals surface area contributed by atoms with Crippen LogP contribution in [0.1, 0.15) is 41.4 Å². The summed E-state index contributed by atoms with van der Waals surface area (Å²) in [6.45, 7) is 3.55. The van der Waals surface area contributed by atoms with Gasteiger partial charge in [-0.3, -0.25) is 4.79 Å². The first-order valence-electron chi connectivity index (χ1n) is 11.3. The molecule has 0 bridgehead atoms. The molecule has 1 aliphatic heterocycles. The number of alkyl halides is 5. The van der Waals surface area contributed by atoms with Crippen molar-refractivity contribution in [1.29, 1.82) is 5.26 Å². The van der Waals surface area contributed by atoms with Gasteiger partial charge in [0.05, 0.1) is 11.3 Å². The van der Waals surface area contributed by atoms with Crippen LogP contribution in [-0.2, 0) is 16.6 Å². The number of anilines is 1. The van der Waals surface area contributed by atoms with E-state index in [0.717, 1.165) is 5.56 Å². The van der Waals surface area contributed by atoms with Gasteiger partial charge in [-0.05, 0) is 25.8 Å². The molecule has 0 saturated heterocycles. The number of aromatic nitrogens is 5. The lowest BCUT2D eigenvalue weighted by Gasteiger charge is -2.23. The zero-order valence-electron chi connectivity index (χ0n) is 19.9. The van der Waals surface area contributed by atoms with Crippen molar-refractivity contribution in [2.45, 2.75) is 44.2 Å². The Morgan fingerprint density at radius 1 is 1.11 bits per heavy atom. The normalized spacial score (nSPS) is 17.4. The lowest BCUT2D eigenvalue weighted by molar-refractivity contribution is -0.284. The quantitative estimate of drug-likeness (QED) is 0.375. The highest BCUT2D eigenvalue weighted by atomic mass is 19.4. The first-order valence-corrected chi connectivity index (χ1v) is 11.3. The summed E-state index contributed by atoms with van der Waals surface area (Å²) in [6.07, 6.45) is -3.77. The smallest absolute Gasteiger partial charge is 0.309 e. The van der Waals surface area contributed by atoms with Crippen molar-refractivity contribution in [3.05, 3.63) is 70.9 Å². The number of fused-ring (bicyclic) bond motifs is 2. The Morgan fingerprint density at radius 3 is 2.47 bits per heavy atom. The average molecular weight is 527 g/mol. The molecule has 1 unspecified atom stereocenters. The van der Waals surface area contributed by atoms with E-state index in [1.165, 1.54) is 23.0 Å². The van der Waals surface area contributed by atoms with Gasteiger partial charge < -0.3 is 9.72 Å². The summed E-state index contributed by atoms with van der Waals surface area (Å²) in [5, 5.41) is 12.6. The predicted molar refractivity (Wildman–Crippen MR) is 124 cm³/mol. The molecule has 194 valence electrons. The molecule has 0 saturated carbocycles. The van der Waals surface area contributed by atoms with Crippen molar-refractivity contribution in [3.8, 4) is 17.6 Å². The molecule has 8 nitrogen and oxygen atoms in total. The number of amides is 1. The van der Waals surface area contributed by atoms with E-state index >= 15 is 0 Å². The number of halogens is 5. The Bertz CT molecular complexity index is 1620. The maximum absolute atomic E-state index is 13.6. The third-order valence-corrected chi connectivity index (χ3v) is 6.59. The minimum atomic E-state index is -5.70. The first kappa shape index (κ1) is 25.2. The Hall–Kier alpha value is -4.47. The molecule has 38 heavy (non-hydrogen) atoms. The van der Waals surface area contributed by atoms with Gasteiger partial charge in [-0.15, -0.1) is 0 Å². The van der Waals surface area contributed by atoms with Gasteiger partial charge in [-0.1, -0.05) is 29.8 Å². The zero-order chi connectivity index (χ0) is 27.5. The number of hydrogen-bond acceptors (Lipinski definition) is 6. The topological polar surface area (TPSA) is 109 Å². The van der Waals surface area contributed by atoms with Crippen LogP contribution in [-0.4, -0.2) is 42.3 Å². The van der Waals surface area contributed by atoms with Crippen LogP contribution in [0, 0.1) is 18.3 Å². The van der Waals surface area contributed by atoms with E-state index in [2.05, 4.69) is 25.3 Å². The highest BCUT2D eigenvalue weighted by Crippen LogP contribution is 2.44. The molecule has 1 atom stereocenters. The van der Waals surface area contributed by atoms with Gasteiger partial charge in [-0.2, -0.15) is 27.2 Å². The summed E-state index contributed by atoms with van der Waals surface area (Å²) >= 11 is 0. The Morgan fingerprint density at radius 2 is 1.82 bits per heavy atom. The first-order chi connectivity index (χ1) is 17.8. The standard InChI is InChI=1S/C25H18F5N7O/c1-13-3-5-14(6-4-13)23(2)18-16(11-31)34-19(35-20(18)36-22(23)38)17-12-37-10-9-32-21(37)15(33-17)7-8-24(26,27)25(28,29)30/h3-6,9-10,12H,7-8H2,1-2H3,(H,34,35,36,38). The fourth-order valence-electron chi connectivity index (χ4n) is 4.42. The predicted octanol–water partition coefficient (Wildman–Crippen LogP) is 4.75. The van der Waals surface area contributed by atoms with Gasteiger partial charge in [-0.25, -0.2) is 19.9 Å². The van der Waals surface area contributed by atoms with Crippen molar-refractivity contribution in [2.24, 2.45) is 0 Å². The molecule has 0 spiro atoms. The number of imidazole rings is 1. The summed E-state index contributed by atoms with van der Waals surface area (Å²) in [4.78, 5) is 30.0. The van der Waals surface area contributed by atoms with E-state index in [-0.39, 0.29) is 39.9 Å². The molecule has 3 aromatic heterocycles. The van der Waals surface area contributed by atoms with Gasteiger partial charge >= 0.3 is 12.1 Å². The Kier molecular flexibility index (Phi) is 5.66. The fourth-order valence-corrected chi connectivity index (χ4v) is 4.42. The highest BCUT2D eigenvalue weighted by molar-refractivity contribution is 6.08. The largest absolute Gasteiger partial charge is 0.453 e. The van der Waals surface area contributed by atoms with Crippen molar-refractivity contribution < 1.29 is 26.7 Å². The SMILES string of the molecule is Cc1ccc(C2(C)C(=O)Nc3nc(-c4cn5ccnc5c(CCC(F)(F)C(F)(F)F)n4)nc(C#N)c32)cc1. The number of nitrogens with zero attached hydrogens (tertiary/aromatic N) is 6. The Labute approximate surface area is 212 Å². The maximum atomic E-state index is 13.6. The van der Waals surface area contributed by atoms with Crippen LogP contribution in [0.25, 0.3) is 17.2 Å². The molecule has 0 fully saturated rings. The van der Waals surface area contributed by atoms with Gasteiger partial charge in [0, 0.05) is 25.0 Å². The number of aryl methyl sites for hydroxylation is 2. The second-order valence-corrected chi connectivity index (χ2v) is 9.11. The summed E-state index contributed by atoms with van der Waals surface area (Å²) in [5.41, 5.74) is 0.462. The molecule has 4 aromatic rings. The molecular formula is C25H18F5N7O. The Balaban J connectivity index is 1.60. The molecule has 1 N–H and O–H groups in total. The summed E-state index contributed by atoms with van der Waals surface area (Å²) in [5.74, 6) is -5.38. The molecule has 13 heteroatoms. The monoisotopic (exact) mass is 527 g/mol. The summed E-state index contributed by atoms with van der Waals surface area (Å²) in [7, 11) is 0. The highest BCUT2D eigenvalue weighted by Gasteiger charge is 2.56. The number of hydrogen-bond donors (Lipinski definition) is 1. The van der Waals surface area contributed by atoms with Crippen LogP contribution in [0.3, 0.4) is 0 Å². The molecule has 5 rings (SSSR count). The lowest BCUT2D eigenvalue weighted by atomic mass is 9.77. The minimum Gasteiger partial charge on any atom is -0.309 e.